The zero-order valence-electron chi connectivity index (χ0n) is 7.29. The number of halogens is 1. The highest BCUT2D eigenvalue weighted by Gasteiger charge is 2.01. The number of fused-ring (bicyclic) bond motifs is 1. The van der Waals surface area contributed by atoms with Crippen LogP contribution in [0.3, 0.4) is 0 Å². The summed E-state index contributed by atoms with van der Waals surface area (Å²) in [4.78, 5) is 3.98. The number of nitrogens with one attached hydrogen (secondary N) is 1. The van der Waals surface area contributed by atoms with Crippen molar-refractivity contribution in [3.05, 3.63) is 30.3 Å². The summed E-state index contributed by atoms with van der Waals surface area (Å²) in [5, 5.41) is 0.806. The van der Waals surface area contributed by atoms with Crippen LogP contribution in [0, 0.1) is 5.82 Å². The predicted octanol–water partition coefficient (Wildman–Crippen LogP) is 1.74. The molecule has 0 fully saturated rings. The summed E-state index contributed by atoms with van der Waals surface area (Å²) in [5.74, 6) is -0.304. The lowest BCUT2D eigenvalue weighted by Gasteiger charge is -2.04. The smallest absolute Gasteiger partial charge is 0.158 e. The van der Waals surface area contributed by atoms with Crippen LogP contribution in [-0.2, 0) is 0 Å². The Morgan fingerprint density at radius 3 is 3.23 bits per heavy atom. The van der Waals surface area contributed by atoms with Gasteiger partial charge in [-0.05, 0) is 19.1 Å². The van der Waals surface area contributed by atoms with E-state index in [1.54, 1.807) is 4.68 Å². The molecule has 0 saturated carbocycles. The topological polar surface area (TPSA) is 29.9 Å². The Kier molecular flexibility index (Phi) is 1.88. The maximum absolute atomic E-state index is 12.7. The first-order valence-corrected chi connectivity index (χ1v) is 4.17. The molecule has 2 aromatic heterocycles. The zero-order chi connectivity index (χ0) is 9.26. The van der Waals surface area contributed by atoms with Crippen molar-refractivity contribution in [2.24, 2.45) is 0 Å². The minimum Gasteiger partial charge on any atom is -0.325 e. The van der Waals surface area contributed by atoms with Crippen molar-refractivity contribution in [2.75, 3.05) is 12.0 Å². The summed E-state index contributed by atoms with van der Waals surface area (Å²) >= 11 is 0. The fourth-order valence-corrected chi connectivity index (χ4v) is 1.30. The van der Waals surface area contributed by atoms with Crippen molar-refractivity contribution >= 4 is 11.0 Å². The van der Waals surface area contributed by atoms with Crippen molar-refractivity contribution in [2.45, 2.75) is 6.92 Å². The van der Waals surface area contributed by atoms with Crippen molar-refractivity contribution in [1.29, 1.82) is 0 Å². The molecule has 13 heavy (non-hydrogen) atoms. The number of rotatable bonds is 2. The lowest BCUT2D eigenvalue weighted by molar-refractivity contribution is 0.623. The summed E-state index contributed by atoms with van der Waals surface area (Å²) in [7, 11) is 0. The average molecular weight is 179 g/mol. The van der Waals surface area contributed by atoms with Crippen LogP contribution >= 0.6 is 0 Å². The normalized spacial score (nSPS) is 10.6. The second-order valence-electron chi connectivity index (χ2n) is 2.76. The van der Waals surface area contributed by atoms with Gasteiger partial charge in [-0.25, -0.2) is 14.1 Å². The van der Waals surface area contributed by atoms with E-state index in [9.17, 15) is 4.39 Å². The number of aromatic nitrogens is 2. The van der Waals surface area contributed by atoms with Gasteiger partial charge in [-0.15, -0.1) is 0 Å². The molecular formula is C9H10FN3. The minimum atomic E-state index is -0.304. The molecule has 4 heteroatoms. The second-order valence-corrected chi connectivity index (χ2v) is 2.76. The summed E-state index contributed by atoms with van der Waals surface area (Å²) in [5.41, 5.74) is 3.83. The Morgan fingerprint density at radius 2 is 2.46 bits per heavy atom. The van der Waals surface area contributed by atoms with E-state index < -0.39 is 0 Å². The van der Waals surface area contributed by atoms with E-state index in [4.69, 9.17) is 0 Å². The lowest BCUT2D eigenvalue weighted by Crippen LogP contribution is -2.12. The molecule has 0 spiro atoms. The number of nitrogens with zero attached hydrogens (tertiary/aromatic N) is 2. The minimum absolute atomic E-state index is 0.304. The summed E-state index contributed by atoms with van der Waals surface area (Å²) in [6, 6.07) is 3.30. The summed E-state index contributed by atoms with van der Waals surface area (Å²) < 4.78 is 14.5. The third kappa shape index (κ3) is 1.35. The lowest BCUT2D eigenvalue weighted by atomic mass is 10.3. The van der Waals surface area contributed by atoms with Crippen LogP contribution in [-0.4, -0.2) is 16.2 Å². The Labute approximate surface area is 75.2 Å². The second kappa shape index (κ2) is 3.05. The fraction of sp³-hybridized carbons (Fsp3) is 0.222. The first-order valence-electron chi connectivity index (χ1n) is 4.17. The summed E-state index contributed by atoms with van der Waals surface area (Å²) in [6.07, 6.45) is 3.05. The van der Waals surface area contributed by atoms with E-state index in [0.717, 1.165) is 17.6 Å². The molecule has 0 saturated heterocycles. The van der Waals surface area contributed by atoms with Crippen molar-refractivity contribution < 1.29 is 4.39 Å². The molecule has 0 unspecified atom stereocenters. The van der Waals surface area contributed by atoms with E-state index in [0.29, 0.717) is 0 Å². The number of pyridine rings is 1. The Bertz CT molecular complexity index is 422. The quantitative estimate of drug-likeness (QED) is 0.761. The maximum Gasteiger partial charge on any atom is 0.158 e. The molecule has 1 N–H and O–H groups in total. The molecule has 68 valence electrons. The molecular weight excluding hydrogens is 169 g/mol. The van der Waals surface area contributed by atoms with Crippen LogP contribution < -0.4 is 5.43 Å². The molecule has 2 rings (SSSR count). The van der Waals surface area contributed by atoms with Gasteiger partial charge < -0.3 is 5.43 Å². The van der Waals surface area contributed by atoms with E-state index in [1.165, 1.54) is 12.3 Å². The van der Waals surface area contributed by atoms with E-state index >= 15 is 0 Å². The monoisotopic (exact) mass is 179 g/mol. The number of hydrogen-bond donors (Lipinski definition) is 1. The molecule has 0 radical (unpaired) electrons. The van der Waals surface area contributed by atoms with Crippen LogP contribution in [0.25, 0.3) is 11.0 Å². The molecule has 0 bridgehead atoms. The first kappa shape index (κ1) is 8.04. The van der Waals surface area contributed by atoms with Crippen LogP contribution in [0.15, 0.2) is 24.5 Å². The largest absolute Gasteiger partial charge is 0.325 e. The van der Waals surface area contributed by atoms with Gasteiger partial charge in [0, 0.05) is 18.1 Å². The summed E-state index contributed by atoms with van der Waals surface area (Å²) in [6.45, 7) is 2.80. The van der Waals surface area contributed by atoms with Crippen LogP contribution in [0.1, 0.15) is 6.92 Å². The molecule has 2 heterocycles. The molecule has 2 aromatic rings. The highest BCUT2D eigenvalue weighted by Crippen LogP contribution is 2.12. The predicted molar refractivity (Wildman–Crippen MR) is 49.6 cm³/mol. The number of hydrogen-bond acceptors (Lipinski definition) is 2. The van der Waals surface area contributed by atoms with E-state index in [2.05, 4.69) is 10.4 Å². The average Bonchev–Trinajstić information content (AvgIpc) is 2.49. The molecule has 0 amide bonds. The van der Waals surface area contributed by atoms with Crippen LogP contribution in [0.2, 0.25) is 0 Å². The van der Waals surface area contributed by atoms with Crippen molar-refractivity contribution in [3.8, 4) is 0 Å². The van der Waals surface area contributed by atoms with Gasteiger partial charge in [-0.3, -0.25) is 0 Å². The zero-order valence-corrected chi connectivity index (χ0v) is 7.29. The van der Waals surface area contributed by atoms with Gasteiger partial charge in [-0.1, -0.05) is 0 Å². The highest BCUT2D eigenvalue weighted by molar-refractivity contribution is 5.76. The fourth-order valence-electron chi connectivity index (χ4n) is 1.30. The van der Waals surface area contributed by atoms with Crippen molar-refractivity contribution in [1.82, 2.24) is 9.66 Å². The van der Waals surface area contributed by atoms with Gasteiger partial charge in [0.25, 0.3) is 0 Å². The van der Waals surface area contributed by atoms with E-state index in [-0.39, 0.29) is 5.82 Å². The third-order valence-corrected chi connectivity index (χ3v) is 1.82. The van der Waals surface area contributed by atoms with Crippen LogP contribution in [0.4, 0.5) is 4.39 Å². The highest BCUT2D eigenvalue weighted by atomic mass is 19.1. The molecule has 0 aliphatic rings. The van der Waals surface area contributed by atoms with Gasteiger partial charge in [-0.2, -0.15) is 0 Å². The molecule has 0 aromatic carbocycles. The third-order valence-electron chi connectivity index (χ3n) is 1.82. The van der Waals surface area contributed by atoms with Gasteiger partial charge in [0.05, 0.1) is 6.20 Å². The SMILES string of the molecule is CCNn1ccc2cc(F)cnc21. The van der Waals surface area contributed by atoms with Crippen molar-refractivity contribution in [3.63, 3.8) is 0 Å². The van der Waals surface area contributed by atoms with Gasteiger partial charge >= 0.3 is 0 Å². The van der Waals surface area contributed by atoms with E-state index in [1.807, 2.05) is 19.2 Å². The standard InChI is InChI=1S/C9H10FN3/c1-2-12-13-4-3-7-5-8(10)6-11-9(7)13/h3-6,12H,2H2,1H3. The maximum atomic E-state index is 12.7. The Balaban J connectivity index is 2.55. The first-order chi connectivity index (χ1) is 6.31. The van der Waals surface area contributed by atoms with Gasteiger partial charge in [0.15, 0.2) is 5.65 Å². The molecule has 0 atom stereocenters. The molecule has 0 aliphatic carbocycles. The molecule has 0 aliphatic heterocycles. The molecule has 3 nitrogen and oxygen atoms in total. The van der Waals surface area contributed by atoms with Crippen LogP contribution in [0.5, 0.6) is 0 Å². The van der Waals surface area contributed by atoms with Gasteiger partial charge in [0.2, 0.25) is 0 Å². The van der Waals surface area contributed by atoms with Gasteiger partial charge in [0.1, 0.15) is 5.82 Å². The Morgan fingerprint density at radius 1 is 1.62 bits per heavy atom. The Hall–Kier alpha value is -1.58.